The lowest BCUT2D eigenvalue weighted by Crippen LogP contribution is -2.17. The van der Waals surface area contributed by atoms with E-state index >= 15 is 0 Å². The van der Waals surface area contributed by atoms with Gasteiger partial charge in [-0.25, -0.2) is 0 Å². The van der Waals surface area contributed by atoms with Gasteiger partial charge in [-0.2, -0.15) is 0 Å². The molecule has 3 nitrogen and oxygen atoms in total. The first-order chi connectivity index (χ1) is 9.33. The lowest BCUT2D eigenvalue weighted by atomic mass is 10.3. The molecule has 0 bridgehead atoms. The number of halogens is 4. The van der Waals surface area contributed by atoms with Gasteiger partial charge >= 0.3 is 6.36 Å². The second-order valence-electron chi connectivity index (χ2n) is 3.63. The summed E-state index contributed by atoms with van der Waals surface area (Å²) in [4.78, 5) is 12.3. The van der Waals surface area contributed by atoms with Crippen LogP contribution in [-0.2, 0) is 0 Å². The van der Waals surface area contributed by atoms with Crippen molar-refractivity contribution in [1.29, 1.82) is 0 Å². The average Bonchev–Trinajstić information content (AvgIpc) is 2.77. The Morgan fingerprint density at radius 2 is 1.80 bits per heavy atom. The monoisotopic (exact) mass is 365 g/mol. The molecule has 2 rings (SSSR count). The Hall–Kier alpha value is -1.54. The third-order valence-electron chi connectivity index (χ3n) is 2.14. The van der Waals surface area contributed by atoms with E-state index in [4.69, 9.17) is 0 Å². The van der Waals surface area contributed by atoms with Crippen LogP contribution in [0.25, 0.3) is 0 Å². The largest absolute Gasteiger partial charge is 0.573 e. The van der Waals surface area contributed by atoms with Crippen LogP contribution in [0, 0.1) is 0 Å². The molecule has 0 unspecified atom stereocenters. The van der Waals surface area contributed by atoms with Crippen molar-refractivity contribution in [2.45, 2.75) is 6.36 Å². The number of anilines is 1. The number of carbonyl (C=O) groups excluding carboxylic acids is 1. The number of carbonyl (C=O) groups is 1. The van der Waals surface area contributed by atoms with Crippen molar-refractivity contribution in [2.75, 3.05) is 5.32 Å². The molecule has 20 heavy (non-hydrogen) atoms. The number of nitrogens with one attached hydrogen (secondary N) is 1. The lowest BCUT2D eigenvalue weighted by Gasteiger charge is -2.09. The van der Waals surface area contributed by atoms with Gasteiger partial charge in [-0.15, -0.1) is 24.5 Å². The van der Waals surface area contributed by atoms with E-state index in [1.807, 2.05) is 0 Å². The zero-order chi connectivity index (χ0) is 14.8. The molecule has 0 spiro atoms. The molecule has 0 saturated heterocycles. The predicted molar refractivity (Wildman–Crippen MR) is 73.1 cm³/mol. The maximum absolute atomic E-state index is 12.0. The Kier molecular flexibility index (Phi) is 4.34. The molecule has 1 heterocycles. The normalized spacial score (nSPS) is 11.2. The van der Waals surface area contributed by atoms with Crippen LogP contribution in [0.5, 0.6) is 5.75 Å². The fraction of sp³-hybridized carbons (Fsp3) is 0.0833. The highest BCUT2D eigenvalue weighted by Crippen LogP contribution is 2.25. The number of hydrogen-bond acceptors (Lipinski definition) is 3. The number of ether oxygens (including phenoxy) is 1. The summed E-state index contributed by atoms with van der Waals surface area (Å²) in [6, 6.07) is 8.31. The third kappa shape index (κ3) is 4.24. The van der Waals surface area contributed by atoms with Crippen molar-refractivity contribution >= 4 is 38.9 Å². The molecule has 106 valence electrons. The summed E-state index contributed by atoms with van der Waals surface area (Å²) in [6.45, 7) is 0. The maximum Gasteiger partial charge on any atom is 0.573 e. The van der Waals surface area contributed by atoms with E-state index in [-0.39, 0.29) is 11.7 Å². The Morgan fingerprint density at radius 1 is 1.15 bits per heavy atom. The summed E-state index contributed by atoms with van der Waals surface area (Å²) in [6.07, 6.45) is -4.73. The molecule has 0 saturated carbocycles. The minimum atomic E-state index is -4.73. The molecule has 8 heteroatoms. The Balaban J connectivity index is 2.02. The summed E-state index contributed by atoms with van der Waals surface area (Å²) in [7, 11) is 0. The number of thiophene rings is 1. The second-order valence-corrected chi connectivity index (χ2v) is 6.09. The highest BCUT2D eigenvalue weighted by molar-refractivity contribution is 9.11. The maximum atomic E-state index is 12.0. The smallest absolute Gasteiger partial charge is 0.406 e. The molecular formula is C12H7BrF3NO2S. The quantitative estimate of drug-likeness (QED) is 0.858. The van der Waals surface area contributed by atoms with Crippen molar-refractivity contribution in [3.05, 3.63) is 45.1 Å². The van der Waals surface area contributed by atoms with Gasteiger partial charge in [-0.3, -0.25) is 4.79 Å². The van der Waals surface area contributed by atoms with E-state index in [9.17, 15) is 18.0 Å². The van der Waals surface area contributed by atoms with Crippen LogP contribution < -0.4 is 10.1 Å². The van der Waals surface area contributed by atoms with Gasteiger partial charge in [-0.1, -0.05) is 0 Å². The minimum absolute atomic E-state index is 0.329. The van der Waals surface area contributed by atoms with E-state index in [1.54, 1.807) is 12.1 Å². The van der Waals surface area contributed by atoms with Crippen molar-refractivity contribution in [2.24, 2.45) is 0 Å². The van der Waals surface area contributed by atoms with Gasteiger partial charge in [0, 0.05) is 5.69 Å². The van der Waals surface area contributed by atoms with E-state index in [0.29, 0.717) is 10.6 Å². The summed E-state index contributed by atoms with van der Waals surface area (Å²) >= 11 is 4.50. The molecule has 0 atom stereocenters. The molecule has 0 aliphatic carbocycles. The van der Waals surface area contributed by atoms with Crippen LogP contribution in [0.1, 0.15) is 9.67 Å². The van der Waals surface area contributed by atoms with Crippen LogP contribution in [0.3, 0.4) is 0 Å². The van der Waals surface area contributed by atoms with E-state index < -0.39 is 6.36 Å². The van der Waals surface area contributed by atoms with E-state index in [1.165, 1.54) is 23.5 Å². The first-order valence-electron chi connectivity index (χ1n) is 5.26. The van der Waals surface area contributed by atoms with Crippen LogP contribution in [0.15, 0.2) is 40.2 Å². The van der Waals surface area contributed by atoms with Gasteiger partial charge in [0.1, 0.15) is 5.75 Å². The third-order valence-corrected chi connectivity index (χ3v) is 3.77. The minimum Gasteiger partial charge on any atom is -0.406 e. The summed E-state index contributed by atoms with van der Waals surface area (Å²) in [5.41, 5.74) is 0.383. The highest BCUT2D eigenvalue weighted by Gasteiger charge is 2.30. The zero-order valence-corrected chi connectivity index (χ0v) is 12.1. The summed E-state index contributed by atoms with van der Waals surface area (Å²) < 4.78 is 40.5. The number of alkyl halides is 3. The topological polar surface area (TPSA) is 38.3 Å². The fourth-order valence-electron chi connectivity index (χ4n) is 1.37. The number of amides is 1. The predicted octanol–water partition coefficient (Wildman–Crippen LogP) is 4.66. The van der Waals surface area contributed by atoms with Gasteiger partial charge in [0.15, 0.2) is 0 Å². The van der Waals surface area contributed by atoms with Gasteiger partial charge in [0.05, 0.1) is 8.66 Å². The molecule has 1 N–H and O–H groups in total. The summed E-state index contributed by atoms with van der Waals surface area (Å²) in [5.74, 6) is -0.667. The van der Waals surface area contributed by atoms with Crippen LogP contribution in [-0.4, -0.2) is 12.3 Å². The van der Waals surface area contributed by atoms with Crippen LogP contribution in [0.2, 0.25) is 0 Å². The molecule has 2 aromatic rings. The number of hydrogen-bond donors (Lipinski definition) is 1. The fourth-order valence-corrected chi connectivity index (χ4v) is 2.65. The van der Waals surface area contributed by atoms with Gasteiger partial charge in [0.25, 0.3) is 5.91 Å². The van der Waals surface area contributed by atoms with Gasteiger partial charge in [-0.05, 0) is 52.3 Å². The Morgan fingerprint density at radius 3 is 2.30 bits per heavy atom. The molecule has 0 fully saturated rings. The standard InChI is InChI=1S/C12H7BrF3NO2S/c13-10-6-5-9(20-10)11(18)17-7-1-3-8(4-2-7)19-12(14,15)16/h1-6H,(H,17,18). The van der Waals surface area contributed by atoms with Crippen LogP contribution in [0.4, 0.5) is 18.9 Å². The van der Waals surface area contributed by atoms with Crippen molar-refractivity contribution in [1.82, 2.24) is 0 Å². The molecule has 0 aliphatic rings. The molecule has 1 amide bonds. The molecule has 1 aromatic heterocycles. The molecule has 1 aromatic carbocycles. The average molecular weight is 366 g/mol. The lowest BCUT2D eigenvalue weighted by molar-refractivity contribution is -0.274. The van der Waals surface area contributed by atoms with Gasteiger partial charge < -0.3 is 10.1 Å². The van der Waals surface area contributed by atoms with Crippen molar-refractivity contribution < 1.29 is 22.7 Å². The van der Waals surface area contributed by atoms with Crippen LogP contribution >= 0.6 is 27.3 Å². The number of benzene rings is 1. The van der Waals surface area contributed by atoms with Crippen molar-refractivity contribution in [3.63, 3.8) is 0 Å². The molecular weight excluding hydrogens is 359 g/mol. The first kappa shape index (κ1) is 14.9. The summed E-state index contributed by atoms with van der Waals surface area (Å²) in [5, 5.41) is 2.58. The van der Waals surface area contributed by atoms with E-state index in [2.05, 4.69) is 26.0 Å². The SMILES string of the molecule is O=C(Nc1ccc(OC(F)(F)F)cc1)c1ccc(Br)s1. The Labute approximate surface area is 124 Å². The van der Waals surface area contributed by atoms with Gasteiger partial charge in [0.2, 0.25) is 0 Å². The zero-order valence-electron chi connectivity index (χ0n) is 9.70. The molecule has 0 radical (unpaired) electrons. The number of rotatable bonds is 3. The Bertz CT molecular complexity index is 610. The van der Waals surface area contributed by atoms with Crippen molar-refractivity contribution in [3.8, 4) is 5.75 Å². The second kappa shape index (κ2) is 5.84. The molecule has 0 aliphatic heterocycles. The van der Waals surface area contributed by atoms with E-state index in [0.717, 1.165) is 15.9 Å². The first-order valence-corrected chi connectivity index (χ1v) is 6.87. The highest BCUT2D eigenvalue weighted by atomic mass is 79.9.